The summed E-state index contributed by atoms with van der Waals surface area (Å²) in [5.74, 6) is -0.962. The van der Waals surface area contributed by atoms with Crippen LogP contribution in [0, 0.1) is 0 Å². The van der Waals surface area contributed by atoms with Gasteiger partial charge in [0.25, 0.3) is 5.91 Å². The van der Waals surface area contributed by atoms with Crippen LogP contribution in [0.2, 0.25) is 0 Å². The number of hydrogen-bond acceptors (Lipinski definition) is 4. The van der Waals surface area contributed by atoms with Crippen LogP contribution in [0.3, 0.4) is 0 Å². The molecule has 6 heteroatoms. The first-order valence-electron chi connectivity index (χ1n) is 4.58. The van der Waals surface area contributed by atoms with Gasteiger partial charge in [-0.25, -0.2) is 13.9 Å². The van der Waals surface area contributed by atoms with Crippen molar-refractivity contribution in [2.75, 3.05) is 0 Å². The maximum atomic E-state index is 12.1. The first-order chi connectivity index (χ1) is 7.34. The Morgan fingerprint density at radius 3 is 2.19 bits per heavy atom. The molecule has 16 heavy (non-hydrogen) atoms. The highest BCUT2D eigenvalue weighted by Gasteiger charge is 2.42. The van der Waals surface area contributed by atoms with Crippen molar-refractivity contribution in [2.45, 2.75) is 23.5 Å². The lowest BCUT2D eigenvalue weighted by Crippen LogP contribution is -2.46. The van der Waals surface area contributed by atoms with Gasteiger partial charge in [0.1, 0.15) is 0 Å². The zero-order valence-corrected chi connectivity index (χ0v) is 9.78. The highest BCUT2D eigenvalue weighted by atomic mass is 32.2. The van der Waals surface area contributed by atoms with Gasteiger partial charge in [-0.2, -0.15) is 0 Å². The predicted molar refractivity (Wildman–Crippen MR) is 57.6 cm³/mol. The number of nitrogens with one attached hydrogen (secondary N) is 1. The molecule has 0 fully saturated rings. The Kier molecular flexibility index (Phi) is 3.35. The molecule has 0 spiro atoms. The molecule has 1 aromatic carbocycles. The van der Waals surface area contributed by atoms with Gasteiger partial charge in [0.2, 0.25) is 0 Å². The van der Waals surface area contributed by atoms with Crippen molar-refractivity contribution in [2.24, 2.45) is 0 Å². The van der Waals surface area contributed by atoms with Crippen molar-refractivity contribution in [1.29, 1.82) is 0 Å². The lowest BCUT2D eigenvalue weighted by atomic mass is 10.2. The van der Waals surface area contributed by atoms with Crippen molar-refractivity contribution in [3.8, 4) is 0 Å². The molecular weight excluding hydrogens is 230 g/mol. The van der Waals surface area contributed by atoms with Gasteiger partial charge in [-0.05, 0) is 26.0 Å². The molecule has 1 rings (SSSR count). The summed E-state index contributed by atoms with van der Waals surface area (Å²) in [4.78, 5) is 11.4. The molecule has 0 atom stereocenters. The maximum Gasteiger partial charge on any atom is 0.264 e. The zero-order valence-electron chi connectivity index (χ0n) is 8.97. The summed E-state index contributed by atoms with van der Waals surface area (Å²) < 4.78 is 22.4. The molecule has 88 valence electrons. The number of sulfone groups is 1. The van der Waals surface area contributed by atoms with E-state index in [1.807, 2.05) is 0 Å². The van der Waals surface area contributed by atoms with Crippen LogP contribution in [0.4, 0.5) is 0 Å². The highest BCUT2D eigenvalue weighted by molar-refractivity contribution is 7.93. The molecule has 0 aliphatic heterocycles. The number of amides is 1. The van der Waals surface area contributed by atoms with E-state index in [0.29, 0.717) is 0 Å². The zero-order chi connectivity index (χ0) is 12.4. The van der Waals surface area contributed by atoms with E-state index in [1.54, 1.807) is 18.2 Å². The van der Waals surface area contributed by atoms with E-state index in [2.05, 4.69) is 0 Å². The van der Waals surface area contributed by atoms with E-state index >= 15 is 0 Å². The molecule has 0 aliphatic rings. The van der Waals surface area contributed by atoms with Crippen LogP contribution in [0.1, 0.15) is 13.8 Å². The fourth-order valence-electron chi connectivity index (χ4n) is 1.15. The SMILES string of the molecule is CC(C)(C(=O)NO)S(=O)(=O)c1ccccc1. The Morgan fingerprint density at radius 2 is 1.75 bits per heavy atom. The largest absolute Gasteiger partial charge is 0.289 e. The van der Waals surface area contributed by atoms with Crippen molar-refractivity contribution < 1.29 is 18.4 Å². The van der Waals surface area contributed by atoms with Crippen molar-refractivity contribution in [3.63, 3.8) is 0 Å². The van der Waals surface area contributed by atoms with E-state index in [0.717, 1.165) is 0 Å². The fraction of sp³-hybridized carbons (Fsp3) is 0.300. The molecule has 0 unspecified atom stereocenters. The molecule has 0 saturated heterocycles. The highest BCUT2D eigenvalue weighted by Crippen LogP contribution is 2.25. The number of hydroxylamine groups is 1. The Morgan fingerprint density at radius 1 is 1.25 bits per heavy atom. The Balaban J connectivity index is 3.28. The van der Waals surface area contributed by atoms with Gasteiger partial charge in [0, 0.05) is 0 Å². The van der Waals surface area contributed by atoms with E-state index < -0.39 is 20.5 Å². The van der Waals surface area contributed by atoms with E-state index in [4.69, 9.17) is 5.21 Å². The molecule has 2 N–H and O–H groups in total. The third kappa shape index (κ3) is 1.94. The van der Waals surface area contributed by atoms with Gasteiger partial charge >= 0.3 is 0 Å². The molecular formula is C10H13NO4S. The summed E-state index contributed by atoms with van der Waals surface area (Å²) >= 11 is 0. The molecule has 0 radical (unpaired) electrons. The van der Waals surface area contributed by atoms with Crippen molar-refractivity contribution in [1.82, 2.24) is 5.48 Å². The molecule has 0 saturated carbocycles. The molecule has 1 aromatic rings. The number of rotatable bonds is 3. The van der Waals surface area contributed by atoms with Crippen molar-refractivity contribution >= 4 is 15.7 Å². The number of hydrogen-bond donors (Lipinski definition) is 2. The minimum absolute atomic E-state index is 0.0450. The normalized spacial score (nSPS) is 12.2. The Labute approximate surface area is 94.0 Å². The molecule has 0 aliphatic carbocycles. The minimum atomic E-state index is -3.82. The van der Waals surface area contributed by atoms with Gasteiger partial charge in [0.15, 0.2) is 14.6 Å². The van der Waals surface area contributed by atoms with Crippen LogP contribution in [-0.4, -0.2) is 24.3 Å². The standard InChI is InChI=1S/C10H13NO4S/c1-10(2,9(12)11-13)16(14,15)8-6-4-3-5-7-8/h3-7,13H,1-2H3,(H,11,12). The maximum absolute atomic E-state index is 12.1. The third-order valence-electron chi connectivity index (χ3n) is 2.37. The fourth-order valence-corrected chi connectivity index (χ4v) is 2.55. The van der Waals surface area contributed by atoms with E-state index in [9.17, 15) is 13.2 Å². The second-order valence-electron chi connectivity index (χ2n) is 3.77. The average molecular weight is 243 g/mol. The van der Waals surface area contributed by atoms with E-state index in [1.165, 1.54) is 31.5 Å². The predicted octanol–water partition coefficient (Wildman–Crippen LogP) is 0.744. The first-order valence-corrected chi connectivity index (χ1v) is 6.06. The number of carbonyl (C=O) groups is 1. The summed E-state index contributed by atoms with van der Waals surface area (Å²) in [5.41, 5.74) is 1.36. The first kappa shape index (κ1) is 12.7. The number of carbonyl (C=O) groups excluding carboxylic acids is 1. The Hall–Kier alpha value is -1.40. The second kappa shape index (κ2) is 4.23. The summed E-state index contributed by atoms with van der Waals surface area (Å²) in [6.07, 6.45) is 0. The minimum Gasteiger partial charge on any atom is -0.289 e. The van der Waals surface area contributed by atoms with Crippen LogP contribution in [-0.2, 0) is 14.6 Å². The van der Waals surface area contributed by atoms with Crippen LogP contribution in [0.25, 0.3) is 0 Å². The summed E-state index contributed by atoms with van der Waals surface area (Å²) in [6.45, 7) is 2.47. The van der Waals surface area contributed by atoms with Crippen LogP contribution in [0.5, 0.6) is 0 Å². The van der Waals surface area contributed by atoms with Crippen LogP contribution in [0.15, 0.2) is 35.2 Å². The van der Waals surface area contributed by atoms with Gasteiger partial charge in [-0.15, -0.1) is 0 Å². The van der Waals surface area contributed by atoms with Gasteiger partial charge in [-0.1, -0.05) is 18.2 Å². The molecule has 1 amide bonds. The third-order valence-corrected chi connectivity index (χ3v) is 4.80. The second-order valence-corrected chi connectivity index (χ2v) is 6.27. The van der Waals surface area contributed by atoms with Crippen LogP contribution < -0.4 is 5.48 Å². The van der Waals surface area contributed by atoms with Crippen LogP contribution >= 0.6 is 0 Å². The molecule has 0 bridgehead atoms. The van der Waals surface area contributed by atoms with Gasteiger partial charge in [0.05, 0.1) is 4.90 Å². The smallest absolute Gasteiger partial charge is 0.264 e. The molecule has 0 aromatic heterocycles. The summed E-state index contributed by atoms with van der Waals surface area (Å²) in [7, 11) is -3.82. The van der Waals surface area contributed by atoms with E-state index in [-0.39, 0.29) is 4.90 Å². The molecule has 5 nitrogen and oxygen atoms in total. The topological polar surface area (TPSA) is 83.5 Å². The number of benzene rings is 1. The lowest BCUT2D eigenvalue weighted by molar-refractivity contribution is -0.131. The molecule has 0 heterocycles. The lowest BCUT2D eigenvalue weighted by Gasteiger charge is -2.22. The summed E-state index contributed by atoms with van der Waals surface area (Å²) in [5, 5.41) is 8.52. The van der Waals surface area contributed by atoms with Gasteiger partial charge < -0.3 is 0 Å². The van der Waals surface area contributed by atoms with Gasteiger partial charge in [-0.3, -0.25) is 10.0 Å². The monoisotopic (exact) mass is 243 g/mol. The average Bonchev–Trinajstić information content (AvgIpc) is 2.28. The van der Waals surface area contributed by atoms with Crippen molar-refractivity contribution in [3.05, 3.63) is 30.3 Å². The summed E-state index contributed by atoms with van der Waals surface area (Å²) in [6, 6.07) is 7.63. The quantitative estimate of drug-likeness (QED) is 0.606. The Bertz CT molecular complexity index is 479.